The number of hydrogen-bond acceptors (Lipinski definition) is 1. The van der Waals surface area contributed by atoms with Crippen molar-refractivity contribution in [3.05, 3.63) is 47.5 Å². The van der Waals surface area contributed by atoms with Gasteiger partial charge in [0.25, 0.3) is 0 Å². The summed E-state index contributed by atoms with van der Waals surface area (Å²) in [6.45, 7) is 1.74. The Hall–Kier alpha value is -1.57. The van der Waals surface area contributed by atoms with Gasteiger partial charge in [-0.15, -0.1) is 0 Å². The Labute approximate surface area is 84.4 Å². The molecular weight excluding hydrogens is 174 g/mol. The average molecular weight is 189 g/mol. The lowest BCUT2D eigenvalue weighted by Crippen LogP contribution is -2.11. The van der Waals surface area contributed by atoms with E-state index in [0.29, 0.717) is 5.57 Å². The molecule has 2 N–H and O–H groups in total. The first kappa shape index (κ1) is 10.5. The first-order chi connectivity index (χ1) is 6.70. The van der Waals surface area contributed by atoms with Gasteiger partial charge < -0.3 is 5.73 Å². The number of nitrogens with two attached hydrogens (primary N) is 1. The Bertz CT molecular complexity index is 327. The van der Waals surface area contributed by atoms with Gasteiger partial charge in [0.2, 0.25) is 5.91 Å². The van der Waals surface area contributed by atoms with Crippen LogP contribution in [0.5, 0.6) is 0 Å². The lowest BCUT2D eigenvalue weighted by Gasteiger charge is -1.97. The molecule has 0 spiro atoms. The number of hydrogen-bond donors (Lipinski definition) is 1. The highest BCUT2D eigenvalue weighted by Gasteiger charge is 1.95. The molecule has 74 valence electrons. The van der Waals surface area contributed by atoms with Gasteiger partial charge in [-0.2, -0.15) is 0 Å². The SMILES string of the molecule is C/C(=C\CCc1ccccc1)C(N)=O. The topological polar surface area (TPSA) is 43.1 Å². The molecule has 0 radical (unpaired) electrons. The molecule has 2 heteroatoms. The molecule has 0 aromatic heterocycles. The Morgan fingerprint density at radius 1 is 1.36 bits per heavy atom. The third kappa shape index (κ3) is 3.44. The van der Waals surface area contributed by atoms with E-state index in [-0.39, 0.29) is 5.91 Å². The van der Waals surface area contributed by atoms with E-state index < -0.39 is 0 Å². The molecule has 1 amide bonds. The smallest absolute Gasteiger partial charge is 0.244 e. The Morgan fingerprint density at radius 2 is 2.00 bits per heavy atom. The van der Waals surface area contributed by atoms with Crippen LogP contribution in [0, 0.1) is 0 Å². The van der Waals surface area contributed by atoms with Gasteiger partial charge in [-0.05, 0) is 25.3 Å². The van der Waals surface area contributed by atoms with E-state index >= 15 is 0 Å². The zero-order valence-electron chi connectivity index (χ0n) is 8.36. The van der Waals surface area contributed by atoms with Crippen LogP contribution in [-0.2, 0) is 11.2 Å². The number of allylic oxidation sites excluding steroid dienone is 1. The van der Waals surface area contributed by atoms with Crippen molar-refractivity contribution in [3.8, 4) is 0 Å². The second kappa shape index (κ2) is 5.22. The fourth-order valence-electron chi connectivity index (χ4n) is 1.20. The van der Waals surface area contributed by atoms with Crippen molar-refractivity contribution in [2.24, 2.45) is 5.73 Å². The molecule has 0 saturated carbocycles. The summed E-state index contributed by atoms with van der Waals surface area (Å²) in [6, 6.07) is 10.2. The molecule has 1 rings (SSSR count). The van der Waals surface area contributed by atoms with Gasteiger partial charge in [-0.3, -0.25) is 4.79 Å². The molecule has 0 atom stereocenters. The minimum absolute atomic E-state index is 0.335. The van der Waals surface area contributed by atoms with Crippen molar-refractivity contribution in [3.63, 3.8) is 0 Å². The van der Waals surface area contributed by atoms with Crippen LogP contribution in [0.4, 0.5) is 0 Å². The molecule has 0 heterocycles. The van der Waals surface area contributed by atoms with E-state index in [1.165, 1.54) is 5.56 Å². The largest absolute Gasteiger partial charge is 0.366 e. The van der Waals surface area contributed by atoms with E-state index in [4.69, 9.17) is 5.73 Å². The molecule has 0 saturated heterocycles. The number of carbonyl (C=O) groups is 1. The Kier molecular flexibility index (Phi) is 3.92. The van der Waals surface area contributed by atoms with E-state index in [1.807, 2.05) is 24.3 Å². The van der Waals surface area contributed by atoms with E-state index in [1.54, 1.807) is 6.92 Å². The first-order valence-corrected chi connectivity index (χ1v) is 4.70. The molecule has 1 aromatic carbocycles. The third-order valence-electron chi connectivity index (χ3n) is 2.12. The fourth-order valence-corrected chi connectivity index (χ4v) is 1.20. The van der Waals surface area contributed by atoms with Crippen molar-refractivity contribution in [1.29, 1.82) is 0 Å². The maximum atomic E-state index is 10.7. The second-order valence-electron chi connectivity index (χ2n) is 3.28. The lowest BCUT2D eigenvalue weighted by molar-refractivity contribution is -0.114. The third-order valence-corrected chi connectivity index (χ3v) is 2.12. The van der Waals surface area contributed by atoms with Gasteiger partial charge in [0.05, 0.1) is 0 Å². The molecule has 0 unspecified atom stereocenters. The van der Waals surface area contributed by atoms with Gasteiger partial charge in [-0.1, -0.05) is 36.4 Å². The number of rotatable bonds is 4. The summed E-state index contributed by atoms with van der Waals surface area (Å²) in [7, 11) is 0. The van der Waals surface area contributed by atoms with Crippen LogP contribution < -0.4 is 5.73 Å². The van der Waals surface area contributed by atoms with E-state index in [9.17, 15) is 4.79 Å². The number of amides is 1. The van der Waals surface area contributed by atoms with Crippen molar-refractivity contribution in [1.82, 2.24) is 0 Å². The minimum Gasteiger partial charge on any atom is -0.366 e. The summed E-state index contributed by atoms with van der Waals surface area (Å²) in [4.78, 5) is 10.7. The van der Waals surface area contributed by atoms with Crippen LogP contribution in [0.25, 0.3) is 0 Å². The van der Waals surface area contributed by atoms with Gasteiger partial charge in [0.1, 0.15) is 0 Å². The zero-order chi connectivity index (χ0) is 10.4. The van der Waals surface area contributed by atoms with Gasteiger partial charge in [0, 0.05) is 5.57 Å². The maximum Gasteiger partial charge on any atom is 0.244 e. The van der Waals surface area contributed by atoms with Gasteiger partial charge in [-0.25, -0.2) is 0 Å². The molecule has 0 aliphatic carbocycles. The highest BCUT2D eigenvalue weighted by atomic mass is 16.1. The van der Waals surface area contributed by atoms with E-state index in [0.717, 1.165) is 12.8 Å². The van der Waals surface area contributed by atoms with E-state index in [2.05, 4.69) is 12.1 Å². The van der Waals surface area contributed by atoms with Crippen LogP contribution in [0.3, 0.4) is 0 Å². The lowest BCUT2D eigenvalue weighted by atomic mass is 10.1. The molecule has 2 nitrogen and oxygen atoms in total. The predicted octanol–water partition coefficient (Wildman–Crippen LogP) is 2.05. The van der Waals surface area contributed by atoms with Gasteiger partial charge in [0.15, 0.2) is 0 Å². The highest BCUT2D eigenvalue weighted by molar-refractivity contribution is 5.91. The summed E-state index contributed by atoms with van der Waals surface area (Å²) in [5.74, 6) is -0.335. The second-order valence-corrected chi connectivity index (χ2v) is 3.28. The van der Waals surface area contributed by atoms with Crippen LogP contribution in [0.1, 0.15) is 18.9 Å². The quantitative estimate of drug-likeness (QED) is 0.724. The average Bonchev–Trinajstić information content (AvgIpc) is 2.19. The maximum absolute atomic E-state index is 10.7. The van der Waals surface area contributed by atoms with Crippen LogP contribution in [0.2, 0.25) is 0 Å². The molecule has 1 aromatic rings. The first-order valence-electron chi connectivity index (χ1n) is 4.70. The summed E-state index contributed by atoms with van der Waals surface area (Å²) < 4.78 is 0. The standard InChI is InChI=1S/C12H15NO/c1-10(12(13)14)6-5-9-11-7-3-2-4-8-11/h2-4,6-8H,5,9H2,1H3,(H2,13,14)/b10-6+. The summed E-state index contributed by atoms with van der Waals surface area (Å²) in [5, 5.41) is 0. The molecule has 14 heavy (non-hydrogen) atoms. The summed E-state index contributed by atoms with van der Waals surface area (Å²) in [6.07, 6.45) is 3.69. The number of primary amides is 1. The minimum atomic E-state index is -0.335. The van der Waals surface area contributed by atoms with Crippen LogP contribution in [0.15, 0.2) is 42.0 Å². The fraction of sp³-hybridized carbons (Fsp3) is 0.250. The van der Waals surface area contributed by atoms with Crippen molar-refractivity contribution in [2.75, 3.05) is 0 Å². The number of aryl methyl sites for hydroxylation is 1. The van der Waals surface area contributed by atoms with Crippen LogP contribution in [-0.4, -0.2) is 5.91 Å². The Balaban J connectivity index is 2.43. The molecule has 0 fully saturated rings. The molecule has 0 aliphatic rings. The number of carbonyl (C=O) groups excluding carboxylic acids is 1. The van der Waals surface area contributed by atoms with Crippen molar-refractivity contribution >= 4 is 5.91 Å². The normalized spacial score (nSPS) is 11.4. The predicted molar refractivity (Wildman–Crippen MR) is 57.7 cm³/mol. The van der Waals surface area contributed by atoms with Crippen molar-refractivity contribution in [2.45, 2.75) is 19.8 Å². The summed E-state index contributed by atoms with van der Waals surface area (Å²) in [5.41, 5.74) is 7.03. The Morgan fingerprint density at radius 3 is 2.57 bits per heavy atom. The van der Waals surface area contributed by atoms with Gasteiger partial charge >= 0.3 is 0 Å². The van der Waals surface area contributed by atoms with Crippen molar-refractivity contribution < 1.29 is 4.79 Å². The summed E-state index contributed by atoms with van der Waals surface area (Å²) >= 11 is 0. The molecule has 0 bridgehead atoms. The zero-order valence-corrected chi connectivity index (χ0v) is 8.36. The highest BCUT2D eigenvalue weighted by Crippen LogP contribution is 2.04. The van der Waals surface area contributed by atoms with Crippen LogP contribution >= 0.6 is 0 Å². The monoisotopic (exact) mass is 189 g/mol. The molecule has 0 aliphatic heterocycles. The number of benzene rings is 1. The molecular formula is C12H15NO.